The summed E-state index contributed by atoms with van der Waals surface area (Å²) in [6.45, 7) is 4.28. The van der Waals surface area contributed by atoms with Crippen molar-refractivity contribution in [1.29, 1.82) is 0 Å². The van der Waals surface area contributed by atoms with Crippen LogP contribution in [0.4, 0.5) is 16.2 Å². The Bertz CT molecular complexity index is 1390. The van der Waals surface area contributed by atoms with Crippen molar-refractivity contribution in [2.75, 3.05) is 31.8 Å². The number of fused-ring (bicyclic) bond motifs is 1. The molecule has 1 aromatic carbocycles. The molecule has 3 unspecified atom stereocenters. The van der Waals surface area contributed by atoms with Crippen LogP contribution < -0.4 is 21.7 Å². The fourth-order valence-corrected chi connectivity index (χ4v) is 4.70. The minimum absolute atomic E-state index is 0.0197. The number of aliphatic hydroxyl groups is 1. The number of nitrogens with two attached hydrogens (primary N) is 2. The molecule has 6 N–H and O–H groups in total. The predicted molar refractivity (Wildman–Crippen MR) is 137 cm³/mol. The molecular formula is C25H29FN8O4. The lowest BCUT2D eigenvalue weighted by atomic mass is 9.91. The van der Waals surface area contributed by atoms with Crippen LogP contribution in [0.25, 0.3) is 11.3 Å². The van der Waals surface area contributed by atoms with E-state index in [2.05, 4.69) is 25.4 Å². The highest BCUT2D eigenvalue weighted by atomic mass is 19.1. The summed E-state index contributed by atoms with van der Waals surface area (Å²) in [5.74, 6) is 0.336. The van der Waals surface area contributed by atoms with Crippen molar-refractivity contribution in [3.05, 3.63) is 52.7 Å². The lowest BCUT2D eigenvalue weighted by Crippen LogP contribution is -2.36. The largest absolute Gasteiger partial charge is 0.478 e. The molecule has 200 valence electrons. The number of aryl methyl sites for hydroxylation is 1. The zero-order valence-corrected chi connectivity index (χ0v) is 21.2. The first kappa shape index (κ1) is 25.7. The number of hydroxylamine groups is 1. The average Bonchev–Trinajstić information content (AvgIpc) is 3.20. The third kappa shape index (κ3) is 4.95. The van der Waals surface area contributed by atoms with E-state index < -0.39 is 24.1 Å². The van der Waals surface area contributed by atoms with E-state index in [9.17, 15) is 9.50 Å². The van der Waals surface area contributed by atoms with Crippen LogP contribution in [0.5, 0.6) is 5.88 Å². The van der Waals surface area contributed by atoms with Crippen LogP contribution in [0.15, 0.2) is 29.4 Å². The van der Waals surface area contributed by atoms with Crippen molar-refractivity contribution in [1.82, 2.24) is 25.4 Å². The van der Waals surface area contributed by atoms with Gasteiger partial charge in [-0.25, -0.2) is 29.8 Å². The Morgan fingerprint density at radius 2 is 2.05 bits per heavy atom. The van der Waals surface area contributed by atoms with Gasteiger partial charge in [-0.05, 0) is 24.6 Å². The molecule has 3 aromatic rings. The van der Waals surface area contributed by atoms with E-state index in [4.69, 9.17) is 30.8 Å². The minimum Gasteiger partial charge on any atom is -0.478 e. The molecule has 2 aliphatic rings. The van der Waals surface area contributed by atoms with Crippen molar-refractivity contribution in [2.45, 2.75) is 38.5 Å². The molecule has 38 heavy (non-hydrogen) atoms. The van der Waals surface area contributed by atoms with Gasteiger partial charge in [-0.3, -0.25) is 9.83 Å². The number of hydrogen-bond donors (Lipinski definition) is 4. The summed E-state index contributed by atoms with van der Waals surface area (Å²) in [5, 5.41) is 10.3. The van der Waals surface area contributed by atoms with Gasteiger partial charge in [0.15, 0.2) is 11.7 Å². The van der Waals surface area contributed by atoms with Gasteiger partial charge in [0.1, 0.15) is 18.5 Å². The smallest absolute Gasteiger partial charge is 0.257 e. The zero-order valence-electron chi connectivity index (χ0n) is 21.2. The van der Waals surface area contributed by atoms with Gasteiger partial charge in [0, 0.05) is 17.9 Å². The number of halogens is 1. The number of methoxy groups -OCH3 is 1. The van der Waals surface area contributed by atoms with Crippen molar-refractivity contribution in [2.24, 2.45) is 10.9 Å². The Labute approximate surface area is 218 Å². The highest BCUT2D eigenvalue weighted by Gasteiger charge is 2.34. The second kappa shape index (κ2) is 10.4. The number of amidine groups is 1. The van der Waals surface area contributed by atoms with Gasteiger partial charge in [-0.2, -0.15) is 0 Å². The highest BCUT2D eigenvalue weighted by molar-refractivity contribution is 6.01. The number of nitrogen functional groups attached to an aromatic ring is 2. The monoisotopic (exact) mass is 524 g/mol. The molecule has 1 fully saturated rings. The molecule has 2 aliphatic heterocycles. The number of nitrogens with one attached hydrogen (secondary N) is 1. The Morgan fingerprint density at radius 3 is 2.79 bits per heavy atom. The molecule has 0 aliphatic carbocycles. The lowest BCUT2D eigenvalue weighted by molar-refractivity contribution is -0.0423. The van der Waals surface area contributed by atoms with Crippen molar-refractivity contribution < 1.29 is 23.8 Å². The quantitative estimate of drug-likeness (QED) is 0.344. The molecular weight excluding hydrogens is 495 g/mol. The molecule has 2 aromatic heterocycles. The summed E-state index contributed by atoms with van der Waals surface area (Å²) in [7, 11) is 1.43. The van der Waals surface area contributed by atoms with Crippen LogP contribution in [0, 0.1) is 18.7 Å². The second-order valence-corrected chi connectivity index (χ2v) is 9.32. The maximum atomic E-state index is 14.4. The van der Waals surface area contributed by atoms with Gasteiger partial charge >= 0.3 is 0 Å². The SMILES string of the molecule is COc1nc(-c2cc(F)ccc2[C@H]2Cc3nc(N)nc(C)c3C(NOCC3OCC(C)C3O)=N2)cnc1N. The van der Waals surface area contributed by atoms with Gasteiger partial charge in [0.05, 0.1) is 54.7 Å². The van der Waals surface area contributed by atoms with Gasteiger partial charge in [-0.15, -0.1) is 0 Å². The number of benzene rings is 1. The topological polar surface area (TPSA) is 176 Å². The highest BCUT2D eigenvalue weighted by Crippen LogP contribution is 2.36. The van der Waals surface area contributed by atoms with Gasteiger partial charge in [0.25, 0.3) is 5.88 Å². The van der Waals surface area contributed by atoms with Gasteiger partial charge < -0.3 is 26.0 Å². The zero-order chi connectivity index (χ0) is 27.0. The number of anilines is 2. The van der Waals surface area contributed by atoms with Gasteiger partial charge in [0.2, 0.25) is 5.95 Å². The summed E-state index contributed by atoms with van der Waals surface area (Å²) < 4.78 is 25.2. The maximum Gasteiger partial charge on any atom is 0.257 e. The summed E-state index contributed by atoms with van der Waals surface area (Å²) >= 11 is 0. The van der Waals surface area contributed by atoms with E-state index in [0.717, 1.165) is 0 Å². The molecule has 0 bridgehead atoms. The normalized spacial score (nSPS) is 22.6. The third-order valence-electron chi connectivity index (χ3n) is 6.65. The molecule has 13 heteroatoms. The second-order valence-electron chi connectivity index (χ2n) is 9.32. The average molecular weight is 525 g/mol. The first-order chi connectivity index (χ1) is 18.2. The number of hydrogen-bond acceptors (Lipinski definition) is 12. The number of aliphatic imine (C=N–C) groups is 1. The van der Waals surface area contributed by atoms with E-state index in [1.54, 1.807) is 13.0 Å². The summed E-state index contributed by atoms with van der Waals surface area (Å²) in [4.78, 5) is 27.9. The molecule has 5 rings (SSSR count). The van der Waals surface area contributed by atoms with E-state index in [1.807, 2.05) is 6.92 Å². The van der Waals surface area contributed by atoms with Crippen LogP contribution >= 0.6 is 0 Å². The molecule has 1 saturated heterocycles. The van der Waals surface area contributed by atoms with Crippen LogP contribution in [0.2, 0.25) is 0 Å². The Hall–Kier alpha value is -3.94. The Kier molecular flexibility index (Phi) is 7.06. The van der Waals surface area contributed by atoms with Crippen molar-refractivity contribution >= 4 is 17.6 Å². The van der Waals surface area contributed by atoms with Crippen LogP contribution in [-0.4, -0.2) is 63.4 Å². The number of aromatic nitrogens is 4. The molecule has 12 nitrogen and oxygen atoms in total. The first-order valence-corrected chi connectivity index (χ1v) is 12.1. The molecule has 0 radical (unpaired) electrons. The van der Waals surface area contributed by atoms with Crippen molar-refractivity contribution in [3.8, 4) is 17.1 Å². The van der Waals surface area contributed by atoms with E-state index >= 15 is 0 Å². The van der Waals surface area contributed by atoms with Gasteiger partial charge in [-0.1, -0.05) is 13.0 Å². The molecule has 4 atom stereocenters. The molecule has 4 heterocycles. The van der Waals surface area contributed by atoms with E-state index in [-0.39, 0.29) is 30.2 Å². The summed E-state index contributed by atoms with van der Waals surface area (Å²) in [6, 6.07) is 3.86. The number of aliphatic hydroxyl groups excluding tert-OH is 1. The molecule has 0 amide bonds. The first-order valence-electron chi connectivity index (χ1n) is 12.1. The van der Waals surface area contributed by atoms with E-state index in [1.165, 1.54) is 25.4 Å². The van der Waals surface area contributed by atoms with Crippen molar-refractivity contribution in [3.63, 3.8) is 0 Å². The molecule has 0 saturated carbocycles. The van der Waals surface area contributed by atoms with Crippen LogP contribution in [-0.2, 0) is 16.0 Å². The lowest BCUT2D eigenvalue weighted by Gasteiger charge is -2.26. The summed E-state index contributed by atoms with van der Waals surface area (Å²) in [6.07, 6.45) is 0.726. The standard InChI is InChI=1S/C25H29FN8O4/c1-11-9-37-19(21(11)35)10-38-34-23-20-12(2)30-25(28)33-17(20)7-16(31-23)14-5-4-13(26)6-15(14)18-8-29-22(27)24(32-18)36-3/h4-6,8,11,16,19,21,35H,7,9-10H2,1-3H3,(H2,27,29)(H,31,34)(H2,28,30,33)/t11?,16-,19?,21?/m1/s1. The number of rotatable bonds is 6. The third-order valence-corrected chi connectivity index (χ3v) is 6.65. The fraction of sp³-hybridized carbons (Fsp3) is 0.400. The summed E-state index contributed by atoms with van der Waals surface area (Å²) in [5.41, 5.74) is 18.2. The number of nitrogens with zero attached hydrogens (tertiary/aromatic N) is 5. The minimum atomic E-state index is -0.630. The predicted octanol–water partition coefficient (Wildman–Crippen LogP) is 1.52. The Morgan fingerprint density at radius 1 is 1.24 bits per heavy atom. The van der Waals surface area contributed by atoms with Crippen LogP contribution in [0.3, 0.4) is 0 Å². The molecule has 0 spiro atoms. The number of ether oxygens (including phenoxy) is 2. The van der Waals surface area contributed by atoms with E-state index in [0.29, 0.717) is 52.6 Å². The van der Waals surface area contributed by atoms with Crippen LogP contribution in [0.1, 0.15) is 35.5 Å². The maximum absolute atomic E-state index is 14.4. The fourth-order valence-electron chi connectivity index (χ4n) is 4.70. The Balaban J connectivity index is 1.51.